The first kappa shape index (κ1) is 16.9. The Balaban J connectivity index is 1.87. The first-order chi connectivity index (χ1) is 11.9. The van der Waals surface area contributed by atoms with Crippen molar-refractivity contribution < 1.29 is 9.72 Å². The second-order valence-corrected chi connectivity index (χ2v) is 6.65. The van der Waals surface area contributed by atoms with Crippen molar-refractivity contribution in [1.82, 2.24) is 5.32 Å². The van der Waals surface area contributed by atoms with Crippen LogP contribution in [0.1, 0.15) is 16.7 Å². The lowest BCUT2D eigenvalue weighted by molar-refractivity contribution is -0.385. The molecule has 1 aliphatic heterocycles. The number of benzene rings is 2. The first-order valence-corrected chi connectivity index (χ1v) is 8.35. The standard InChI is InChI=1S/C18H15N3O3S/c1-11-4-3-5-14(8-11)19-18-20-17(22)16(25-18)10-13-7-6-12(2)15(9-13)21(23)24/h3-10H,1-2H3,(H,19,20,22)/b16-10+. The van der Waals surface area contributed by atoms with Crippen molar-refractivity contribution in [2.75, 3.05) is 0 Å². The monoisotopic (exact) mass is 353 g/mol. The van der Waals surface area contributed by atoms with Gasteiger partial charge in [-0.25, -0.2) is 4.99 Å². The normalized spacial score (nSPS) is 17.1. The van der Waals surface area contributed by atoms with Crippen LogP contribution in [0.25, 0.3) is 6.08 Å². The highest BCUT2D eigenvalue weighted by atomic mass is 32.2. The van der Waals surface area contributed by atoms with Crippen LogP contribution in [0, 0.1) is 24.0 Å². The summed E-state index contributed by atoms with van der Waals surface area (Å²) < 4.78 is 0. The molecule has 0 atom stereocenters. The minimum Gasteiger partial charge on any atom is -0.300 e. The fourth-order valence-corrected chi connectivity index (χ4v) is 3.20. The number of nitrogens with one attached hydrogen (secondary N) is 1. The average molecular weight is 353 g/mol. The zero-order valence-electron chi connectivity index (χ0n) is 13.6. The van der Waals surface area contributed by atoms with E-state index < -0.39 is 4.92 Å². The molecular weight excluding hydrogens is 338 g/mol. The van der Waals surface area contributed by atoms with E-state index in [1.165, 1.54) is 17.8 Å². The van der Waals surface area contributed by atoms with E-state index >= 15 is 0 Å². The Morgan fingerprint density at radius 2 is 2.00 bits per heavy atom. The Hall–Kier alpha value is -2.93. The van der Waals surface area contributed by atoms with Crippen molar-refractivity contribution >= 4 is 40.3 Å². The number of aryl methyl sites for hydroxylation is 2. The van der Waals surface area contributed by atoms with Gasteiger partial charge in [-0.05, 0) is 54.9 Å². The lowest BCUT2D eigenvalue weighted by Crippen LogP contribution is -2.19. The molecule has 1 aliphatic rings. The number of nitro groups is 1. The van der Waals surface area contributed by atoms with Crippen LogP contribution < -0.4 is 5.32 Å². The largest absolute Gasteiger partial charge is 0.300 e. The summed E-state index contributed by atoms with van der Waals surface area (Å²) in [6.07, 6.45) is 1.63. The molecule has 25 heavy (non-hydrogen) atoms. The van der Waals surface area contributed by atoms with E-state index in [2.05, 4.69) is 10.3 Å². The molecular formula is C18H15N3O3S. The third-order valence-electron chi connectivity index (χ3n) is 3.61. The highest BCUT2D eigenvalue weighted by molar-refractivity contribution is 8.18. The van der Waals surface area contributed by atoms with Crippen LogP contribution in [-0.4, -0.2) is 16.0 Å². The van der Waals surface area contributed by atoms with E-state index in [-0.39, 0.29) is 11.6 Å². The van der Waals surface area contributed by atoms with Crippen LogP contribution in [0.2, 0.25) is 0 Å². The Bertz CT molecular complexity index is 935. The number of thioether (sulfide) groups is 1. The van der Waals surface area contributed by atoms with Crippen molar-refractivity contribution in [3.63, 3.8) is 0 Å². The van der Waals surface area contributed by atoms with Gasteiger partial charge < -0.3 is 5.32 Å². The van der Waals surface area contributed by atoms with Gasteiger partial charge in [-0.3, -0.25) is 14.9 Å². The number of aliphatic imine (C=N–C) groups is 1. The van der Waals surface area contributed by atoms with Crippen molar-refractivity contribution in [2.24, 2.45) is 4.99 Å². The van der Waals surface area contributed by atoms with Crippen LogP contribution in [0.15, 0.2) is 52.4 Å². The summed E-state index contributed by atoms with van der Waals surface area (Å²) in [5.74, 6) is -0.264. The van der Waals surface area contributed by atoms with Crippen LogP contribution in [0.4, 0.5) is 11.4 Å². The van der Waals surface area contributed by atoms with Gasteiger partial charge in [0.05, 0.1) is 15.5 Å². The highest BCUT2D eigenvalue weighted by Crippen LogP contribution is 2.29. The van der Waals surface area contributed by atoms with E-state index in [9.17, 15) is 14.9 Å². The molecule has 1 heterocycles. The molecule has 126 valence electrons. The molecule has 1 amide bonds. The number of nitro benzene ring substituents is 1. The molecule has 0 unspecified atom stereocenters. The maximum Gasteiger partial charge on any atom is 0.272 e. The molecule has 2 aromatic rings. The van der Waals surface area contributed by atoms with Gasteiger partial charge in [-0.15, -0.1) is 0 Å². The molecule has 0 aromatic heterocycles. The average Bonchev–Trinajstić information content (AvgIpc) is 2.88. The Kier molecular flexibility index (Phi) is 4.67. The van der Waals surface area contributed by atoms with E-state index in [1.807, 2.05) is 31.2 Å². The quantitative estimate of drug-likeness (QED) is 0.511. The number of hydrogen-bond acceptors (Lipinski definition) is 5. The molecule has 0 radical (unpaired) electrons. The van der Waals surface area contributed by atoms with Crippen molar-refractivity contribution in [1.29, 1.82) is 0 Å². The lowest BCUT2D eigenvalue weighted by atomic mass is 10.1. The summed E-state index contributed by atoms with van der Waals surface area (Å²) in [6.45, 7) is 3.65. The summed E-state index contributed by atoms with van der Waals surface area (Å²) in [6, 6.07) is 12.5. The summed E-state index contributed by atoms with van der Waals surface area (Å²) in [7, 11) is 0. The Morgan fingerprint density at radius 1 is 1.20 bits per heavy atom. The van der Waals surface area contributed by atoms with Crippen LogP contribution in [0.5, 0.6) is 0 Å². The van der Waals surface area contributed by atoms with Crippen LogP contribution in [0.3, 0.4) is 0 Å². The maximum absolute atomic E-state index is 12.1. The smallest absolute Gasteiger partial charge is 0.272 e. The topological polar surface area (TPSA) is 84.6 Å². The number of carbonyl (C=O) groups excluding carboxylic acids is 1. The predicted molar refractivity (Wildman–Crippen MR) is 99.8 cm³/mol. The predicted octanol–water partition coefficient (Wildman–Crippen LogP) is 4.10. The van der Waals surface area contributed by atoms with Gasteiger partial charge in [-0.2, -0.15) is 0 Å². The van der Waals surface area contributed by atoms with Crippen molar-refractivity contribution in [2.45, 2.75) is 13.8 Å². The molecule has 1 saturated heterocycles. The van der Waals surface area contributed by atoms with Crippen LogP contribution >= 0.6 is 11.8 Å². The summed E-state index contributed by atoms with van der Waals surface area (Å²) in [4.78, 5) is 27.6. The molecule has 2 aromatic carbocycles. The molecule has 1 N–H and O–H groups in total. The highest BCUT2D eigenvalue weighted by Gasteiger charge is 2.24. The van der Waals surface area contributed by atoms with Crippen molar-refractivity contribution in [3.8, 4) is 0 Å². The molecule has 0 spiro atoms. The van der Waals surface area contributed by atoms with E-state index in [1.54, 1.807) is 25.1 Å². The number of nitrogens with zero attached hydrogens (tertiary/aromatic N) is 2. The molecule has 1 fully saturated rings. The van der Waals surface area contributed by atoms with Crippen molar-refractivity contribution in [3.05, 3.63) is 74.2 Å². The van der Waals surface area contributed by atoms with E-state index in [4.69, 9.17) is 0 Å². The molecule has 7 heteroatoms. The van der Waals surface area contributed by atoms with Crippen LogP contribution in [-0.2, 0) is 4.79 Å². The SMILES string of the molecule is Cc1cccc(N=C2NC(=O)/C(=C\c3ccc(C)c([N+](=O)[O-])c3)S2)c1. The fourth-order valence-electron chi connectivity index (χ4n) is 2.36. The number of hydrogen-bond donors (Lipinski definition) is 1. The van der Waals surface area contributed by atoms with E-state index in [0.717, 1.165) is 11.3 Å². The van der Waals surface area contributed by atoms with Gasteiger partial charge >= 0.3 is 0 Å². The maximum atomic E-state index is 12.1. The second-order valence-electron chi connectivity index (χ2n) is 5.62. The first-order valence-electron chi connectivity index (χ1n) is 7.54. The molecule has 6 nitrogen and oxygen atoms in total. The Morgan fingerprint density at radius 3 is 2.72 bits per heavy atom. The number of carbonyl (C=O) groups is 1. The second kappa shape index (κ2) is 6.90. The summed E-state index contributed by atoms with van der Waals surface area (Å²) in [5.41, 5.74) is 3.06. The van der Waals surface area contributed by atoms with Gasteiger partial charge in [0.15, 0.2) is 5.17 Å². The Labute approximate surface area is 148 Å². The molecule has 0 bridgehead atoms. The third kappa shape index (κ3) is 3.95. The molecule has 0 saturated carbocycles. The van der Waals surface area contributed by atoms with Gasteiger partial charge in [0.25, 0.3) is 11.6 Å². The van der Waals surface area contributed by atoms with E-state index in [0.29, 0.717) is 21.2 Å². The van der Waals surface area contributed by atoms with Gasteiger partial charge in [0, 0.05) is 11.6 Å². The van der Waals surface area contributed by atoms with Gasteiger partial charge in [0.1, 0.15) is 0 Å². The van der Waals surface area contributed by atoms with Gasteiger partial charge in [0.2, 0.25) is 0 Å². The summed E-state index contributed by atoms with van der Waals surface area (Å²) in [5, 5.41) is 14.2. The molecule has 0 aliphatic carbocycles. The minimum atomic E-state index is -0.427. The number of amidine groups is 1. The zero-order valence-corrected chi connectivity index (χ0v) is 14.5. The van der Waals surface area contributed by atoms with Gasteiger partial charge in [-0.1, -0.05) is 24.3 Å². The number of amides is 1. The third-order valence-corrected chi connectivity index (χ3v) is 4.52. The summed E-state index contributed by atoms with van der Waals surface area (Å²) >= 11 is 1.21. The number of rotatable bonds is 3. The fraction of sp³-hybridized carbons (Fsp3) is 0.111. The zero-order chi connectivity index (χ0) is 18.0. The minimum absolute atomic E-state index is 0.0337. The molecule has 3 rings (SSSR count). The lowest BCUT2D eigenvalue weighted by Gasteiger charge is -1.99.